The highest BCUT2D eigenvalue weighted by Gasteiger charge is 2.12. The normalized spacial score (nSPS) is 10.6. The highest BCUT2D eigenvalue weighted by Crippen LogP contribution is 2.20. The molecule has 0 saturated carbocycles. The lowest BCUT2D eigenvalue weighted by atomic mass is 10.1. The summed E-state index contributed by atoms with van der Waals surface area (Å²) in [5.74, 6) is 0.379. The maximum absolute atomic E-state index is 12.1. The Balaban J connectivity index is 1.42. The van der Waals surface area contributed by atoms with Crippen LogP contribution in [0, 0.1) is 0 Å². The maximum atomic E-state index is 12.1. The van der Waals surface area contributed by atoms with Gasteiger partial charge in [-0.25, -0.2) is 0 Å². The highest BCUT2D eigenvalue weighted by atomic mass is 35.5. The lowest BCUT2D eigenvalue weighted by Gasteiger charge is -2.05. The molecular weight excluding hydrogens is 364 g/mol. The number of ketones is 1. The summed E-state index contributed by atoms with van der Waals surface area (Å²) in [6.07, 6.45) is 0.802. The molecule has 1 amide bonds. The molecule has 1 heterocycles. The third-order valence-corrected chi connectivity index (χ3v) is 4.40. The molecule has 0 atom stereocenters. The van der Waals surface area contributed by atoms with E-state index in [2.05, 4.69) is 10.5 Å². The molecule has 0 bridgehead atoms. The van der Waals surface area contributed by atoms with Gasteiger partial charge in [0.15, 0.2) is 11.5 Å². The van der Waals surface area contributed by atoms with Crippen LogP contribution in [0.4, 0.5) is 0 Å². The number of rotatable bonds is 8. The molecule has 0 aliphatic rings. The monoisotopic (exact) mass is 382 g/mol. The van der Waals surface area contributed by atoms with Crippen LogP contribution in [-0.2, 0) is 11.2 Å². The largest absolute Gasteiger partial charge is 0.356 e. The van der Waals surface area contributed by atoms with E-state index >= 15 is 0 Å². The molecule has 27 heavy (non-hydrogen) atoms. The number of amides is 1. The van der Waals surface area contributed by atoms with E-state index in [0.717, 1.165) is 11.3 Å². The first-order chi connectivity index (χ1) is 13.1. The molecular formula is C21H19ClN2O3. The van der Waals surface area contributed by atoms with Crippen LogP contribution in [0.25, 0.3) is 11.3 Å². The van der Waals surface area contributed by atoms with E-state index < -0.39 is 0 Å². The fourth-order valence-corrected chi connectivity index (χ4v) is 2.88. The number of benzene rings is 2. The molecule has 0 fully saturated rings. The quantitative estimate of drug-likeness (QED) is 0.589. The third kappa shape index (κ3) is 5.28. The molecule has 5 nitrogen and oxygen atoms in total. The Morgan fingerprint density at radius 3 is 2.52 bits per heavy atom. The van der Waals surface area contributed by atoms with E-state index in [1.165, 1.54) is 0 Å². The minimum Gasteiger partial charge on any atom is -0.356 e. The molecule has 0 saturated heterocycles. The van der Waals surface area contributed by atoms with Crippen LogP contribution in [0.15, 0.2) is 65.2 Å². The van der Waals surface area contributed by atoms with Gasteiger partial charge in [-0.3, -0.25) is 9.59 Å². The summed E-state index contributed by atoms with van der Waals surface area (Å²) in [5.41, 5.74) is 2.17. The van der Waals surface area contributed by atoms with Crippen LogP contribution in [0.1, 0.15) is 28.9 Å². The van der Waals surface area contributed by atoms with E-state index in [9.17, 15) is 9.59 Å². The Hall–Kier alpha value is -2.92. The Labute approximate surface area is 162 Å². The zero-order chi connectivity index (χ0) is 19.1. The van der Waals surface area contributed by atoms with Crippen molar-refractivity contribution in [2.45, 2.75) is 19.3 Å². The molecule has 0 aliphatic heterocycles. The minimum absolute atomic E-state index is 0.123. The second-order valence-corrected chi connectivity index (χ2v) is 6.46. The Bertz CT molecular complexity index is 922. The number of hydrogen-bond acceptors (Lipinski definition) is 4. The van der Waals surface area contributed by atoms with Gasteiger partial charge < -0.3 is 9.84 Å². The number of nitrogens with one attached hydrogen (secondary N) is 1. The van der Waals surface area contributed by atoms with E-state index in [0.29, 0.717) is 29.3 Å². The van der Waals surface area contributed by atoms with Crippen molar-refractivity contribution >= 4 is 23.3 Å². The number of Topliss-reactive ketones (excluding diaryl/α,β-unsaturated/α-hetero) is 1. The Kier molecular flexibility index (Phi) is 6.39. The smallest absolute Gasteiger partial charge is 0.220 e. The van der Waals surface area contributed by atoms with Crippen molar-refractivity contribution in [1.82, 2.24) is 10.5 Å². The van der Waals surface area contributed by atoms with Crippen molar-refractivity contribution in [3.8, 4) is 11.3 Å². The lowest BCUT2D eigenvalue weighted by Crippen LogP contribution is -2.26. The summed E-state index contributed by atoms with van der Waals surface area (Å²) in [7, 11) is 0. The Morgan fingerprint density at radius 1 is 1.00 bits per heavy atom. The number of carbonyl (C=O) groups is 2. The molecule has 0 aliphatic carbocycles. The van der Waals surface area contributed by atoms with Crippen molar-refractivity contribution in [2.24, 2.45) is 0 Å². The molecule has 138 valence electrons. The van der Waals surface area contributed by atoms with Crippen molar-refractivity contribution in [1.29, 1.82) is 0 Å². The predicted molar refractivity (Wildman–Crippen MR) is 104 cm³/mol. The number of halogens is 1. The minimum atomic E-state index is -0.179. The molecule has 2 aromatic carbocycles. The molecule has 3 aromatic rings. The first-order valence-corrected chi connectivity index (χ1v) is 9.07. The summed E-state index contributed by atoms with van der Waals surface area (Å²) in [6.45, 7) is 0.430. The fraction of sp³-hybridized carbons (Fsp3) is 0.190. The van der Waals surface area contributed by atoms with Crippen molar-refractivity contribution in [3.05, 3.63) is 76.9 Å². The van der Waals surface area contributed by atoms with Gasteiger partial charge in [0.05, 0.1) is 10.7 Å². The van der Waals surface area contributed by atoms with Gasteiger partial charge in [-0.1, -0.05) is 59.2 Å². The SMILES string of the molecule is O=C(CCC(=O)c1ccccc1Cl)NCCc1cc(-c2ccccc2)on1. The van der Waals surface area contributed by atoms with Gasteiger partial charge >= 0.3 is 0 Å². The number of nitrogens with zero attached hydrogens (tertiary/aromatic N) is 1. The van der Waals surface area contributed by atoms with Gasteiger partial charge in [0.25, 0.3) is 0 Å². The third-order valence-electron chi connectivity index (χ3n) is 4.07. The summed E-state index contributed by atoms with van der Waals surface area (Å²) in [4.78, 5) is 24.1. The van der Waals surface area contributed by atoms with Crippen LogP contribution in [0.2, 0.25) is 5.02 Å². The van der Waals surface area contributed by atoms with Crippen LogP contribution < -0.4 is 5.32 Å². The summed E-state index contributed by atoms with van der Waals surface area (Å²) < 4.78 is 5.33. The molecule has 0 radical (unpaired) electrons. The standard InChI is InChI=1S/C21H19ClN2O3/c22-18-9-5-4-8-17(18)19(25)10-11-21(26)23-13-12-16-14-20(27-24-16)15-6-2-1-3-7-15/h1-9,14H,10-13H2,(H,23,26). The van der Waals surface area contributed by atoms with Gasteiger partial charge in [0.2, 0.25) is 5.91 Å². The molecule has 1 N–H and O–H groups in total. The second kappa shape index (κ2) is 9.14. The predicted octanol–water partition coefficient (Wildman–Crippen LogP) is 4.32. The lowest BCUT2D eigenvalue weighted by molar-refractivity contribution is -0.121. The van der Waals surface area contributed by atoms with Crippen molar-refractivity contribution in [2.75, 3.05) is 6.54 Å². The average molecular weight is 383 g/mol. The summed E-state index contributed by atoms with van der Waals surface area (Å²) >= 11 is 5.99. The Morgan fingerprint density at radius 2 is 1.74 bits per heavy atom. The van der Waals surface area contributed by atoms with Gasteiger partial charge in [-0.05, 0) is 12.1 Å². The summed E-state index contributed by atoms with van der Waals surface area (Å²) in [6, 6.07) is 18.4. The molecule has 0 spiro atoms. The van der Waals surface area contributed by atoms with E-state index in [-0.39, 0.29) is 24.5 Å². The van der Waals surface area contributed by atoms with Gasteiger partial charge in [0, 0.05) is 43.0 Å². The molecule has 1 aromatic heterocycles. The van der Waals surface area contributed by atoms with Gasteiger partial charge in [-0.15, -0.1) is 0 Å². The molecule has 0 unspecified atom stereocenters. The molecule has 3 rings (SSSR count). The average Bonchev–Trinajstić information content (AvgIpc) is 3.16. The maximum Gasteiger partial charge on any atom is 0.220 e. The topological polar surface area (TPSA) is 72.2 Å². The molecule has 6 heteroatoms. The zero-order valence-electron chi connectivity index (χ0n) is 14.7. The summed E-state index contributed by atoms with van der Waals surface area (Å²) in [5, 5.41) is 7.22. The van der Waals surface area contributed by atoms with Crippen LogP contribution >= 0.6 is 11.6 Å². The number of hydrogen-bond donors (Lipinski definition) is 1. The van der Waals surface area contributed by atoms with Crippen molar-refractivity contribution in [3.63, 3.8) is 0 Å². The van der Waals surface area contributed by atoms with Crippen molar-refractivity contribution < 1.29 is 14.1 Å². The van der Waals surface area contributed by atoms with Crippen LogP contribution in [0.5, 0.6) is 0 Å². The van der Waals surface area contributed by atoms with Gasteiger partial charge in [-0.2, -0.15) is 0 Å². The van der Waals surface area contributed by atoms with Crippen LogP contribution in [0.3, 0.4) is 0 Å². The van der Waals surface area contributed by atoms with E-state index in [1.807, 2.05) is 36.4 Å². The first kappa shape index (κ1) is 18.9. The zero-order valence-corrected chi connectivity index (χ0v) is 15.4. The van der Waals surface area contributed by atoms with Crippen LogP contribution in [-0.4, -0.2) is 23.4 Å². The number of aromatic nitrogens is 1. The number of carbonyl (C=O) groups excluding carboxylic acids is 2. The van der Waals surface area contributed by atoms with E-state index in [1.54, 1.807) is 24.3 Å². The highest BCUT2D eigenvalue weighted by molar-refractivity contribution is 6.34. The van der Waals surface area contributed by atoms with E-state index in [4.69, 9.17) is 16.1 Å². The fourth-order valence-electron chi connectivity index (χ4n) is 2.64. The second-order valence-electron chi connectivity index (χ2n) is 6.05. The van der Waals surface area contributed by atoms with Gasteiger partial charge in [0.1, 0.15) is 0 Å². The first-order valence-electron chi connectivity index (χ1n) is 8.69.